The van der Waals surface area contributed by atoms with Crippen LogP contribution in [0.5, 0.6) is 0 Å². The molecule has 0 saturated carbocycles. The molecule has 0 fully saturated rings. The van der Waals surface area contributed by atoms with Crippen molar-refractivity contribution in [3.63, 3.8) is 0 Å². The van der Waals surface area contributed by atoms with Crippen molar-refractivity contribution in [1.29, 1.82) is 0 Å². The third kappa shape index (κ3) is 6.88. The molecule has 0 aromatic heterocycles. The average Bonchev–Trinajstić information content (AvgIpc) is 2.47. The number of carboxylic acids is 1. The summed E-state index contributed by atoms with van der Waals surface area (Å²) in [5.41, 5.74) is 0.907. The highest BCUT2D eigenvalue weighted by Crippen LogP contribution is 2.00. The number of benzene rings is 1. The summed E-state index contributed by atoms with van der Waals surface area (Å²) in [5.74, 6) is -1.45. The smallest absolute Gasteiger partial charge is 0.323 e. The van der Waals surface area contributed by atoms with E-state index in [0.29, 0.717) is 13.0 Å². The number of carbonyl (C=O) groups is 3. The van der Waals surface area contributed by atoms with E-state index in [1.165, 1.54) is 4.90 Å². The van der Waals surface area contributed by atoms with E-state index in [4.69, 9.17) is 5.11 Å². The van der Waals surface area contributed by atoms with E-state index in [1.807, 2.05) is 37.3 Å². The Hall–Kier alpha value is -2.37. The Morgan fingerprint density at radius 2 is 1.86 bits per heavy atom. The minimum absolute atomic E-state index is 0.105. The van der Waals surface area contributed by atoms with Crippen molar-refractivity contribution in [3.05, 3.63) is 35.9 Å². The van der Waals surface area contributed by atoms with E-state index >= 15 is 0 Å². The first-order chi connectivity index (χ1) is 10.5. The van der Waals surface area contributed by atoms with Crippen LogP contribution in [0.25, 0.3) is 0 Å². The van der Waals surface area contributed by atoms with Gasteiger partial charge in [0.2, 0.25) is 11.8 Å². The fraction of sp³-hybridized carbons (Fsp3) is 0.438. The van der Waals surface area contributed by atoms with Crippen molar-refractivity contribution < 1.29 is 19.5 Å². The Balaban J connectivity index is 2.33. The third-order valence-electron chi connectivity index (χ3n) is 3.04. The van der Waals surface area contributed by atoms with Gasteiger partial charge in [0.1, 0.15) is 6.54 Å². The van der Waals surface area contributed by atoms with Gasteiger partial charge < -0.3 is 15.3 Å². The van der Waals surface area contributed by atoms with Crippen molar-refractivity contribution >= 4 is 17.8 Å². The Kier molecular flexibility index (Phi) is 7.67. The van der Waals surface area contributed by atoms with Gasteiger partial charge in [-0.25, -0.2) is 0 Å². The lowest BCUT2D eigenvalue weighted by Gasteiger charge is -2.19. The quantitative estimate of drug-likeness (QED) is 0.714. The number of nitrogens with one attached hydrogen (secondary N) is 1. The molecule has 0 bridgehead atoms. The van der Waals surface area contributed by atoms with Crippen LogP contribution in [0.2, 0.25) is 0 Å². The molecule has 0 spiro atoms. The van der Waals surface area contributed by atoms with Crippen LogP contribution in [0.4, 0.5) is 0 Å². The molecule has 0 heterocycles. The zero-order valence-electron chi connectivity index (χ0n) is 12.7. The SMILES string of the molecule is CCCN(CC(=O)O)C(=O)CCNC(=O)Cc1ccccc1. The first-order valence-corrected chi connectivity index (χ1v) is 7.33. The van der Waals surface area contributed by atoms with Crippen LogP contribution in [0.15, 0.2) is 30.3 Å². The lowest BCUT2D eigenvalue weighted by molar-refractivity contribution is -0.144. The number of nitrogens with zero attached hydrogens (tertiary/aromatic N) is 1. The molecule has 2 N–H and O–H groups in total. The van der Waals surface area contributed by atoms with Crippen molar-refractivity contribution in [2.24, 2.45) is 0 Å². The zero-order valence-corrected chi connectivity index (χ0v) is 12.7. The van der Waals surface area contributed by atoms with Gasteiger partial charge in [0, 0.05) is 19.5 Å². The van der Waals surface area contributed by atoms with E-state index in [9.17, 15) is 14.4 Å². The van der Waals surface area contributed by atoms with Crippen LogP contribution in [0, 0.1) is 0 Å². The summed E-state index contributed by atoms with van der Waals surface area (Å²) in [7, 11) is 0. The van der Waals surface area contributed by atoms with Gasteiger partial charge in [-0.1, -0.05) is 37.3 Å². The number of rotatable bonds is 9. The van der Waals surface area contributed by atoms with Gasteiger partial charge in [0.05, 0.1) is 6.42 Å². The molecule has 2 amide bonds. The van der Waals surface area contributed by atoms with E-state index in [0.717, 1.165) is 5.56 Å². The highest BCUT2D eigenvalue weighted by Gasteiger charge is 2.15. The Labute approximate surface area is 130 Å². The van der Waals surface area contributed by atoms with E-state index in [-0.39, 0.29) is 37.7 Å². The second-order valence-corrected chi connectivity index (χ2v) is 4.97. The van der Waals surface area contributed by atoms with E-state index < -0.39 is 5.97 Å². The number of hydrogen-bond acceptors (Lipinski definition) is 3. The number of amides is 2. The molecule has 6 nitrogen and oxygen atoms in total. The minimum Gasteiger partial charge on any atom is -0.480 e. The molecular formula is C16H22N2O4. The van der Waals surface area contributed by atoms with E-state index in [2.05, 4.69) is 5.32 Å². The van der Waals surface area contributed by atoms with Crippen LogP contribution in [-0.4, -0.2) is 47.4 Å². The van der Waals surface area contributed by atoms with E-state index in [1.54, 1.807) is 0 Å². The van der Waals surface area contributed by atoms with Crippen LogP contribution >= 0.6 is 0 Å². The molecule has 0 aliphatic heterocycles. The van der Waals surface area contributed by atoms with Gasteiger partial charge in [0.15, 0.2) is 0 Å². The fourth-order valence-electron chi connectivity index (χ4n) is 2.04. The molecule has 1 aromatic rings. The molecule has 0 unspecified atom stereocenters. The van der Waals surface area contributed by atoms with Crippen LogP contribution in [0.1, 0.15) is 25.3 Å². The van der Waals surface area contributed by atoms with Gasteiger partial charge in [0.25, 0.3) is 0 Å². The van der Waals surface area contributed by atoms with Gasteiger partial charge >= 0.3 is 5.97 Å². The maximum Gasteiger partial charge on any atom is 0.323 e. The van der Waals surface area contributed by atoms with Gasteiger partial charge in [-0.15, -0.1) is 0 Å². The second-order valence-electron chi connectivity index (χ2n) is 4.97. The van der Waals surface area contributed by atoms with Crippen LogP contribution in [-0.2, 0) is 20.8 Å². The Bertz CT molecular complexity index is 502. The highest BCUT2D eigenvalue weighted by molar-refractivity contribution is 5.82. The lowest BCUT2D eigenvalue weighted by Crippen LogP contribution is -2.38. The molecule has 1 aromatic carbocycles. The second kappa shape index (κ2) is 9.55. The Morgan fingerprint density at radius 3 is 2.45 bits per heavy atom. The summed E-state index contributed by atoms with van der Waals surface area (Å²) in [4.78, 5) is 35.7. The number of aliphatic carboxylic acids is 1. The Morgan fingerprint density at radius 1 is 1.18 bits per heavy atom. The molecule has 0 saturated heterocycles. The molecule has 1 rings (SSSR count). The van der Waals surface area contributed by atoms with Crippen LogP contribution in [0.3, 0.4) is 0 Å². The fourth-order valence-corrected chi connectivity index (χ4v) is 2.04. The van der Waals surface area contributed by atoms with Gasteiger partial charge in [-0.05, 0) is 12.0 Å². The summed E-state index contributed by atoms with van der Waals surface area (Å²) >= 11 is 0. The molecule has 0 atom stereocenters. The molecule has 120 valence electrons. The average molecular weight is 306 g/mol. The predicted octanol–water partition coefficient (Wildman–Crippen LogP) is 1.06. The number of hydrogen-bond donors (Lipinski definition) is 2. The topological polar surface area (TPSA) is 86.7 Å². The predicted molar refractivity (Wildman–Crippen MR) is 82.3 cm³/mol. The molecule has 0 aliphatic rings. The zero-order chi connectivity index (χ0) is 16.4. The molecule has 0 radical (unpaired) electrons. The summed E-state index contributed by atoms with van der Waals surface area (Å²) < 4.78 is 0. The van der Waals surface area contributed by atoms with Crippen molar-refractivity contribution in [2.75, 3.05) is 19.6 Å². The summed E-state index contributed by atoms with van der Waals surface area (Å²) in [6, 6.07) is 9.33. The lowest BCUT2D eigenvalue weighted by atomic mass is 10.1. The summed E-state index contributed by atoms with van der Waals surface area (Å²) in [5, 5.41) is 11.5. The largest absolute Gasteiger partial charge is 0.480 e. The van der Waals surface area contributed by atoms with Gasteiger partial charge in [-0.2, -0.15) is 0 Å². The molecule has 0 aliphatic carbocycles. The maximum absolute atomic E-state index is 11.9. The first-order valence-electron chi connectivity index (χ1n) is 7.33. The first kappa shape index (κ1) is 17.7. The highest BCUT2D eigenvalue weighted by atomic mass is 16.4. The summed E-state index contributed by atoms with van der Waals surface area (Å²) in [6.45, 7) is 2.20. The normalized spacial score (nSPS) is 10.0. The molecule has 22 heavy (non-hydrogen) atoms. The monoisotopic (exact) mass is 306 g/mol. The minimum atomic E-state index is -1.03. The van der Waals surface area contributed by atoms with Crippen LogP contribution < -0.4 is 5.32 Å². The molecular weight excluding hydrogens is 284 g/mol. The third-order valence-corrected chi connectivity index (χ3v) is 3.04. The van der Waals surface area contributed by atoms with Gasteiger partial charge in [-0.3, -0.25) is 14.4 Å². The maximum atomic E-state index is 11.9. The van der Waals surface area contributed by atoms with Crippen molar-refractivity contribution in [2.45, 2.75) is 26.2 Å². The van der Waals surface area contributed by atoms with Crippen molar-refractivity contribution in [1.82, 2.24) is 10.2 Å². The summed E-state index contributed by atoms with van der Waals surface area (Å²) in [6.07, 6.45) is 1.07. The number of carbonyl (C=O) groups excluding carboxylic acids is 2. The number of carboxylic acid groups (broad SMARTS) is 1. The standard InChI is InChI=1S/C16H22N2O4/c1-2-10-18(12-16(21)22)15(20)8-9-17-14(19)11-13-6-4-3-5-7-13/h3-7H,2,8-12H2,1H3,(H,17,19)(H,21,22). The van der Waals surface area contributed by atoms with Crippen molar-refractivity contribution in [3.8, 4) is 0 Å². The molecule has 6 heteroatoms.